The number of nitrogens with one attached hydrogen (secondary N) is 2. The molecule has 0 bridgehead atoms. The average Bonchev–Trinajstić information content (AvgIpc) is 2.43. The van der Waals surface area contributed by atoms with Crippen LogP contribution in [0.5, 0.6) is 0 Å². The molecular formula is C13H20FN3O2S. The molecule has 1 heterocycles. The first kappa shape index (κ1) is 15.4. The largest absolute Gasteiger partial charge is 0.314 e. The summed E-state index contributed by atoms with van der Waals surface area (Å²) in [6.45, 7) is 5.79. The Morgan fingerprint density at radius 1 is 1.25 bits per heavy atom. The van der Waals surface area contributed by atoms with Crippen LogP contribution in [0.25, 0.3) is 0 Å². The Labute approximate surface area is 119 Å². The molecule has 7 heteroatoms. The average molecular weight is 301 g/mol. The molecule has 112 valence electrons. The SMILES string of the molecule is Cc1cc(CNS(=O)(=O)N2CCNCC2)cc(C)c1F. The van der Waals surface area contributed by atoms with E-state index in [9.17, 15) is 12.8 Å². The zero-order valence-corrected chi connectivity index (χ0v) is 12.6. The molecule has 1 aliphatic rings. The number of nitrogens with zero attached hydrogens (tertiary/aromatic N) is 1. The molecule has 0 aliphatic carbocycles. The van der Waals surface area contributed by atoms with Crippen LogP contribution in [-0.4, -0.2) is 38.9 Å². The first-order valence-corrected chi connectivity index (χ1v) is 8.05. The summed E-state index contributed by atoms with van der Waals surface area (Å²) in [6, 6.07) is 3.34. The van der Waals surface area contributed by atoms with Gasteiger partial charge >= 0.3 is 0 Å². The molecule has 0 amide bonds. The van der Waals surface area contributed by atoms with Crippen LogP contribution in [0.4, 0.5) is 4.39 Å². The van der Waals surface area contributed by atoms with Crippen molar-refractivity contribution < 1.29 is 12.8 Å². The molecule has 0 saturated carbocycles. The Balaban J connectivity index is 2.04. The summed E-state index contributed by atoms with van der Waals surface area (Å²) in [4.78, 5) is 0. The summed E-state index contributed by atoms with van der Waals surface area (Å²) in [5.41, 5.74) is 1.82. The summed E-state index contributed by atoms with van der Waals surface area (Å²) in [7, 11) is -3.47. The second-order valence-electron chi connectivity index (χ2n) is 5.02. The van der Waals surface area contributed by atoms with Gasteiger partial charge in [-0.25, -0.2) is 4.39 Å². The molecule has 2 rings (SSSR count). The van der Waals surface area contributed by atoms with Gasteiger partial charge in [-0.2, -0.15) is 17.4 Å². The van der Waals surface area contributed by atoms with E-state index in [4.69, 9.17) is 0 Å². The van der Waals surface area contributed by atoms with E-state index < -0.39 is 10.2 Å². The molecule has 1 aromatic rings. The number of aryl methyl sites for hydroxylation is 2. The summed E-state index contributed by atoms with van der Waals surface area (Å²) < 4.78 is 41.7. The van der Waals surface area contributed by atoms with Crippen molar-refractivity contribution in [2.45, 2.75) is 20.4 Å². The standard InChI is InChI=1S/C13H20FN3O2S/c1-10-7-12(8-11(2)13(10)14)9-16-20(18,19)17-5-3-15-4-6-17/h7-8,15-16H,3-6,9H2,1-2H3. The Kier molecular flexibility index (Phi) is 4.74. The van der Waals surface area contributed by atoms with Gasteiger partial charge in [0, 0.05) is 32.7 Å². The second kappa shape index (κ2) is 6.17. The molecule has 2 N–H and O–H groups in total. The normalized spacial score (nSPS) is 17.4. The van der Waals surface area contributed by atoms with E-state index in [1.807, 2.05) is 0 Å². The number of benzene rings is 1. The molecule has 20 heavy (non-hydrogen) atoms. The lowest BCUT2D eigenvalue weighted by molar-refractivity contribution is 0.354. The van der Waals surface area contributed by atoms with Crippen molar-refractivity contribution in [1.82, 2.24) is 14.3 Å². The van der Waals surface area contributed by atoms with Crippen molar-refractivity contribution in [2.24, 2.45) is 0 Å². The van der Waals surface area contributed by atoms with Crippen LogP contribution in [0.2, 0.25) is 0 Å². The lowest BCUT2D eigenvalue weighted by Gasteiger charge is -2.26. The van der Waals surface area contributed by atoms with Crippen LogP contribution in [-0.2, 0) is 16.8 Å². The Bertz CT molecular complexity index is 560. The van der Waals surface area contributed by atoms with Crippen molar-refractivity contribution in [3.63, 3.8) is 0 Å². The number of hydrogen-bond acceptors (Lipinski definition) is 3. The quantitative estimate of drug-likeness (QED) is 0.860. The number of piperazine rings is 1. The molecule has 0 radical (unpaired) electrons. The van der Waals surface area contributed by atoms with Crippen LogP contribution in [0.3, 0.4) is 0 Å². The van der Waals surface area contributed by atoms with E-state index in [-0.39, 0.29) is 12.4 Å². The van der Waals surface area contributed by atoms with Gasteiger partial charge in [0.2, 0.25) is 0 Å². The minimum absolute atomic E-state index is 0.175. The van der Waals surface area contributed by atoms with E-state index in [0.29, 0.717) is 37.3 Å². The van der Waals surface area contributed by atoms with Crippen molar-refractivity contribution in [3.8, 4) is 0 Å². The maximum Gasteiger partial charge on any atom is 0.279 e. The maximum atomic E-state index is 13.5. The second-order valence-corrected chi connectivity index (χ2v) is 6.77. The number of hydrogen-bond donors (Lipinski definition) is 2. The van der Waals surface area contributed by atoms with Crippen LogP contribution >= 0.6 is 0 Å². The highest BCUT2D eigenvalue weighted by molar-refractivity contribution is 7.87. The Morgan fingerprint density at radius 2 is 1.80 bits per heavy atom. The predicted molar refractivity (Wildman–Crippen MR) is 76.1 cm³/mol. The van der Waals surface area contributed by atoms with Gasteiger partial charge in [-0.15, -0.1) is 0 Å². The molecule has 1 saturated heterocycles. The molecule has 0 aromatic heterocycles. The lowest BCUT2D eigenvalue weighted by atomic mass is 10.1. The zero-order chi connectivity index (χ0) is 14.8. The van der Waals surface area contributed by atoms with Gasteiger partial charge in [0.1, 0.15) is 5.82 Å². The van der Waals surface area contributed by atoms with Crippen molar-refractivity contribution in [2.75, 3.05) is 26.2 Å². The van der Waals surface area contributed by atoms with Gasteiger partial charge in [0.25, 0.3) is 10.2 Å². The van der Waals surface area contributed by atoms with Gasteiger partial charge in [0.15, 0.2) is 0 Å². The zero-order valence-electron chi connectivity index (χ0n) is 11.7. The fourth-order valence-corrected chi connectivity index (χ4v) is 3.48. The van der Waals surface area contributed by atoms with Crippen molar-refractivity contribution in [3.05, 3.63) is 34.6 Å². The van der Waals surface area contributed by atoms with Crippen LogP contribution in [0.15, 0.2) is 12.1 Å². The van der Waals surface area contributed by atoms with E-state index in [2.05, 4.69) is 10.0 Å². The fraction of sp³-hybridized carbons (Fsp3) is 0.538. The van der Waals surface area contributed by atoms with Crippen molar-refractivity contribution in [1.29, 1.82) is 0 Å². The van der Waals surface area contributed by atoms with E-state index in [0.717, 1.165) is 5.56 Å². The maximum absolute atomic E-state index is 13.5. The van der Waals surface area contributed by atoms with Crippen LogP contribution in [0.1, 0.15) is 16.7 Å². The first-order valence-electron chi connectivity index (χ1n) is 6.61. The minimum atomic E-state index is -3.47. The molecular weight excluding hydrogens is 281 g/mol. The van der Waals surface area contributed by atoms with Crippen LogP contribution in [0, 0.1) is 19.7 Å². The number of rotatable bonds is 4. The highest BCUT2D eigenvalue weighted by atomic mass is 32.2. The third kappa shape index (κ3) is 3.54. The molecule has 1 aromatic carbocycles. The highest BCUT2D eigenvalue weighted by Crippen LogP contribution is 2.15. The molecule has 0 atom stereocenters. The summed E-state index contributed by atoms with van der Waals surface area (Å²) in [5.74, 6) is -0.237. The van der Waals surface area contributed by atoms with Crippen LogP contribution < -0.4 is 10.0 Å². The first-order chi connectivity index (χ1) is 9.40. The predicted octanol–water partition coefficient (Wildman–Crippen LogP) is 0.682. The Morgan fingerprint density at radius 3 is 2.35 bits per heavy atom. The summed E-state index contributed by atoms with van der Waals surface area (Å²) in [5, 5.41) is 3.11. The summed E-state index contributed by atoms with van der Waals surface area (Å²) in [6.07, 6.45) is 0. The highest BCUT2D eigenvalue weighted by Gasteiger charge is 2.23. The third-order valence-electron chi connectivity index (χ3n) is 3.37. The van der Waals surface area contributed by atoms with E-state index >= 15 is 0 Å². The third-order valence-corrected chi connectivity index (χ3v) is 4.92. The molecule has 0 unspecified atom stereocenters. The van der Waals surface area contributed by atoms with Gasteiger partial charge < -0.3 is 5.32 Å². The minimum Gasteiger partial charge on any atom is -0.314 e. The topological polar surface area (TPSA) is 61.4 Å². The Hall–Kier alpha value is -1.02. The van der Waals surface area contributed by atoms with E-state index in [1.54, 1.807) is 26.0 Å². The fourth-order valence-electron chi connectivity index (χ4n) is 2.29. The monoisotopic (exact) mass is 301 g/mol. The van der Waals surface area contributed by atoms with E-state index in [1.165, 1.54) is 4.31 Å². The van der Waals surface area contributed by atoms with Gasteiger partial charge in [-0.05, 0) is 30.5 Å². The van der Waals surface area contributed by atoms with Crippen molar-refractivity contribution >= 4 is 10.2 Å². The smallest absolute Gasteiger partial charge is 0.279 e. The lowest BCUT2D eigenvalue weighted by Crippen LogP contribution is -2.50. The summed E-state index contributed by atoms with van der Waals surface area (Å²) >= 11 is 0. The van der Waals surface area contributed by atoms with Gasteiger partial charge in [0.05, 0.1) is 0 Å². The molecule has 5 nitrogen and oxygen atoms in total. The van der Waals surface area contributed by atoms with Gasteiger partial charge in [-0.3, -0.25) is 0 Å². The number of halogens is 1. The molecule has 1 fully saturated rings. The molecule has 0 spiro atoms. The van der Waals surface area contributed by atoms with Gasteiger partial charge in [-0.1, -0.05) is 12.1 Å². The molecule has 1 aliphatic heterocycles.